The number of aryl methyl sites for hydroxylation is 5. The smallest absolute Gasteiger partial charge is 0.266 e. The van der Waals surface area contributed by atoms with Crippen LogP contribution in [0.25, 0.3) is 10.2 Å². The average molecular weight is 396 g/mol. The molecule has 2 aromatic heterocycles. The minimum atomic E-state index is -0.171. The Hall–Kier alpha value is -2.47. The minimum absolute atomic E-state index is 0.00241. The number of fused-ring (bicyclic) bond motifs is 2. The van der Waals surface area contributed by atoms with Crippen molar-refractivity contribution in [1.29, 1.82) is 0 Å². The molecule has 3 aromatic rings. The van der Waals surface area contributed by atoms with Crippen LogP contribution in [-0.4, -0.2) is 15.5 Å². The lowest BCUT2D eigenvalue weighted by Crippen LogP contribution is -2.24. The quantitative estimate of drug-likeness (QED) is 0.686. The lowest BCUT2D eigenvalue weighted by atomic mass is 10.0. The summed E-state index contributed by atoms with van der Waals surface area (Å²) in [6.07, 6.45) is 4.01. The first-order valence-electron chi connectivity index (χ1n) is 9.79. The maximum Gasteiger partial charge on any atom is 0.266 e. The zero-order valence-corrected chi connectivity index (χ0v) is 17.6. The molecular formula is C22H25N3O2S. The molecule has 0 saturated heterocycles. The summed E-state index contributed by atoms with van der Waals surface area (Å²) in [6, 6.07) is 4.12. The Balaban J connectivity index is 1.78. The third-order valence-corrected chi connectivity index (χ3v) is 6.72. The van der Waals surface area contributed by atoms with E-state index in [1.54, 1.807) is 0 Å². The Kier molecular flexibility index (Phi) is 4.83. The first-order chi connectivity index (χ1) is 13.4. The van der Waals surface area contributed by atoms with Gasteiger partial charge in [0.05, 0.1) is 10.3 Å². The van der Waals surface area contributed by atoms with Crippen molar-refractivity contribution < 1.29 is 4.79 Å². The predicted molar refractivity (Wildman–Crippen MR) is 115 cm³/mol. The molecule has 0 spiro atoms. The average Bonchev–Trinajstić information content (AvgIpc) is 2.80. The topological polar surface area (TPSA) is 64.0 Å². The molecule has 0 fully saturated rings. The maximum atomic E-state index is 13.1. The van der Waals surface area contributed by atoms with Crippen molar-refractivity contribution in [3.8, 4) is 0 Å². The predicted octanol–water partition coefficient (Wildman–Crippen LogP) is 4.67. The molecule has 28 heavy (non-hydrogen) atoms. The summed E-state index contributed by atoms with van der Waals surface area (Å²) in [4.78, 5) is 32.1. The van der Waals surface area contributed by atoms with E-state index in [1.807, 2.05) is 32.3 Å². The maximum absolute atomic E-state index is 13.1. The van der Waals surface area contributed by atoms with Crippen LogP contribution in [0, 0.1) is 27.7 Å². The first-order valence-corrected chi connectivity index (χ1v) is 10.6. The third-order valence-electron chi connectivity index (χ3n) is 5.53. The molecule has 0 bridgehead atoms. The van der Waals surface area contributed by atoms with Crippen molar-refractivity contribution >= 4 is 33.1 Å². The SMILES string of the molecule is Cc1cc(C)c(NC(=O)c2sc3nc4n(c(=O)c3c2C)CCCCC4)c(C)c1. The van der Waals surface area contributed by atoms with Gasteiger partial charge < -0.3 is 5.32 Å². The van der Waals surface area contributed by atoms with Gasteiger partial charge in [0, 0.05) is 18.7 Å². The summed E-state index contributed by atoms with van der Waals surface area (Å²) < 4.78 is 1.81. The van der Waals surface area contributed by atoms with E-state index in [2.05, 4.69) is 17.4 Å². The van der Waals surface area contributed by atoms with Crippen molar-refractivity contribution in [1.82, 2.24) is 9.55 Å². The second-order valence-electron chi connectivity index (χ2n) is 7.76. The Morgan fingerprint density at radius 2 is 1.82 bits per heavy atom. The van der Waals surface area contributed by atoms with Crippen LogP contribution in [0.2, 0.25) is 0 Å². The van der Waals surface area contributed by atoms with Gasteiger partial charge in [-0.25, -0.2) is 4.98 Å². The van der Waals surface area contributed by atoms with Crippen LogP contribution in [0.4, 0.5) is 5.69 Å². The molecule has 0 aliphatic carbocycles. The number of amides is 1. The van der Waals surface area contributed by atoms with Crippen LogP contribution in [0.5, 0.6) is 0 Å². The fourth-order valence-corrected chi connectivity index (χ4v) is 5.26. The standard InChI is InChI=1S/C22H25N3O2S/c1-12-10-13(2)18(14(3)11-12)24-20(26)19-15(4)17-21(28-19)23-16-8-6-5-7-9-25(16)22(17)27/h10-11H,5-9H2,1-4H3,(H,24,26). The number of anilines is 1. The van der Waals surface area contributed by atoms with Crippen LogP contribution >= 0.6 is 11.3 Å². The summed E-state index contributed by atoms with van der Waals surface area (Å²) in [5.74, 6) is 0.684. The van der Waals surface area contributed by atoms with Gasteiger partial charge >= 0.3 is 0 Å². The molecule has 0 atom stereocenters. The van der Waals surface area contributed by atoms with Crippen LogP contribution in [-0.2, 0) is 13.0 Å². The van der Waals surface area contributed by atoms with Gasteiger partial charge in [-0.05, 0) is 57.2 Å². The number of carbonyl (C=O) groups is 1. The number of benzene rings is 1. The molecule has 146 valence electrons. The molecule has 1 amide bonds. The van der Waals surface area contributed by atoms with Gasteiger partial charge in [-0.2, -0.15) is 0 Å². The number of rotatable bonds is 2. The minimum Gasteiger partial charge on any atom is -0.321 e. The van der Waals surface area contributed by atoms with E-state index in [-0.39, 0.29) is 11.5 Å². The largest absolute Gasteiger partial charge is 0.321 e. The van der Waals surface area contributed by atoms with Gasteiger partial charge in [0.15, 0.2) is 0 Å². The monoisotopic (exact) mass is 395 g/mol. The van der Waals surface area contributed by atoms with Crippen molar-refractivity contribution in [2.75, 3.05) is 5.32 Å². The number of nitrogens with zero attached hydrogens (tertiary/aromatic N) is 2. The Bertz CT molecular complexity index is 1130. The molecule has 1 aliphatic rings. The van der Waals surface area contributed by atoms with Crippen molar-refractivity contribution in [3.63, 3.8) is 0 Å². The highest BCUT2D eigenvalue weighted by Gasteiger charge is 2.23. The Labute approximate surface area is 168 Å². The molecule has 1 N–H and O–H groups in total. The molecule has 3 heterocycles. The summed E-state index contributed by atoms with van der Waals surface area (Å²) >= 11 is 1.32. The Morgan fingerprint density at radius 1 is 1.11 bits per heavy atom. The summed E-state index contributed by atoms with van der Waals surface area (Å²) in [5.41, 5.74) is 4.82. The number of thiophene rings is 1. The fourth-order valence-electron chi connectivity index (χ4n) is 4.17. The zero-order chi connectivity index (χ0) is 20.0. The molecule has 1 aliphatic heterocycles. The van der Waals surface area contributed by atoms with Crippen molar-refractivity contribution in [2.24, 2.45) is 0 Å². The second-order valence-corrected chi connectivity index (χ2v) is 8.76. The van der Waals surface area contributed by atoms with Crippen LogP contribution in [0.15, 0.2) is 16.9 Å². The molecule has 5 nitrogen and oxygen atoms in total. The second kappa shape index (κ2) is 7.17. The molecule has 6 heteroatoms. The number of hydrogen-bond acceptors (Lipinski definition) is 4. The van der Waals surface area contributed by atoms with Crippen molar-refractivity contribution in [3.05, 3.63) is 55.4 Å². The molecule has 0 saturated carbocycles. The van der Waals surface area contributed by atoms with Crippen molar-refractivity contribution in [2.45, 2.75) is 59.9 Å². The van der Waals surface area contributed by atoms with Gasteiger partial charge in [-0.1, -0.05) is 24.1 Å². The van der Waals surface area contributed by atoms with Gasteiger partial charge in [0.1, 0.15) is 10.7 Å². The highest BCUT2D eigenvalue weighted by atomic mass is 32.1. The van der Waals surface area contributed by atoms with E-state index in [9.17, 15) is 9.59 Å². The molecule has 1 aromatic carbocycles. The van der Waals surface area contributed by atoms with E-state index in [4.69, 9.17) is 4.98 Å². The summed E-state index contributed by atoms with van der Waals surface area (Å²) in [5, 5.41) is 3.65. The highest BCUT2D eigenvalue weighted by Crippen LogP contribution is 2.30. The normalized spacial score (nSPS) is 14.0. The van der Waals surface area contributed by atoms with Gasteiger partial charge in [0.2, 0.25) is 0 Å². The summed E-state index contributed by atoms with van der Waals surface area (Å²) in [7, 11) is 0. The number of nitrogens with one attached hydrogen (secondary N) is 1. The lowest BCUT2D eigenvalue weighted by molar-refractivity contribution is 0.103. The van der Waals surface area contributed by atoms with E-state index in [0.29, 0.717) is 15.1 Å². The first kappa shape index (κ1) is 18.9. The van der Waals surface area contributed by atoms with Gasteiger partial charge in [0.25, 0.3) is 11.5 Å². The number of carbonyl (C=O) groups excluding carboxylic acids is 1. The van der Waals surface area contributed by atoms with E-state index >= 15 is 0 Å². The third kappa shape index (κ3) is 3.15. The number of hydrogen-bond donors (Lipinski definition) is 1. The molecule has 0 unspecified atom stereocenters. The molecule has 0 radical (unpaired) electrons. The van der Waals surface area contributed by atoms with E-state index in [0.717, 1.165) is 60.4 Å². The van der Waals surface area contributed by atoms with E-state index in [1.165, 1.54) is 16.9 Å². The lowest BCUT2D eigenvalue weighted by Gasteiger charge is -2.12. The summed E-state index contributed by atoms with van der Waals surface area (Å²) in [6.45, 7) is 8.62. The van der Waals surface area contributed by atoms with E-state index < -0.39 is 0 Å². The number of aromatic nitrogens is 2. The molecule has 4 rings (SSSR count). The van der Waals surface area contributed by atoms with Crippen LogP contribution < -0.4 is 10.9 Å². The molecular weight excluding hydrogens is 370 g/mol. The highest BCUT2D eigenvalue weighted by molar-refractivity contribution is 7.20. The fraction of sp³-hybridized carbons (Fsp3) is 0.409. The van der Waals surface area contributed by atoms with Crippen LogP contribution in [0.1, 0.15) is 57.0 Å². The van der Waals surface area contributed by atoms with Crippen LogP contribution in [0.3, 0.4) is 0 Å². The Morgan fingerprint density at radius 3 is 2.54 bits per heavy atom. The van der Waals surface area contributed by atoms with Gasteiger partial charge in [-0.3, -0.25) is 14.2 Å². The van der Waals surface area contributed by atoms with Gasteiger partial charge in [-0.15, -0.1) is 11.3 Å². The zero-order valence-electron chi connectivity index (χ0n) is 16.8.